The van der Waals surface area contributed by atoms with Crippen molar-refractivity contribution in [2.45, 2.75) is 57.5 Å². The number of piperidine rings is 1. The van der Waals surface area contributed by atoms with Gasteiger partial charge < -0.3 is 15.0 Å². The first kappa shape index (κ1) is 14.3. The highest BCUT2D eigenvalue weighted by molar-refractivity contribution is 4.78. The van der Waals surface area contributed by atoms with Crippen LogP contribution < -0.4 is 5.32 Å². The summed E-state index contributed by atoms with van der Waals surface area (Å²) in [4.78, 5) is 2.54. The van der Waals surface area contributed by atoms with Gasteiger partial charge in [0.05, 0.1) is 6.61 Å². The van der Waals surface area contributed by atoms with Crippen LogP contribution in [0.25, 0.3) is 0 Å². The van der Waals surface area contributed by atoms with Gasteiger partial charge in [-0.25, -0.2) is 0 Å². The average molecular weight is 254 g/mol. The smallest absolute Gasteiger partial charge is 0.0509 e. The second-order valence-corrected chi connectivity index (χ2v) is 6.14. The molecule has 3 nitrogen and oxygen atoms in total. The molecule has 2 aliphatic heterocycles. The number of likely N-dealkylation sites (tertiary alicyclic amines) is 1. The molecule has 0 aromatic carbocycles. The van der Waals surface area contributed by atoms with E-state index in [1.165, 1.54) is 45.1 Å². The van der Waals surface area contributed by atoms with E-state index >= 15 is 0 Å². The molecule has 0 aromatic rings. The molecule has 1 N–H and O–H groups in total. The zero-order valence-corrected chi connectivity index (χ0v) is 12.2. The third-order valence-electron chi connectivity index (χ3n) is 4.77. The van der Waals surface area contributed by atoms with Gasteiger partial charge in [0, 0.05) is 18.7 Å². The maximum Gasteiger partial charge on any atom is 0.0509 e. The summed E-state index contributed by atoms with van der Waals surface area (Å²) in [5.74, 6) is 0.725. The molecule has 3 heteroatoms. The van der Waals surface area contributed by atoms with Crippen molar-refractivity contribution >= 4 is 0 Å². The van der Waals surface area contributed by atoms with Gasteiger partial charge in [0.15, 0.2) is 0 Å². The lowest BCUT2D eigenvalue weighted by Gasteiger charge is -2.33. The molecule has 2 rings (SSSR count). The molecule has 2 aliphatic rings. The van der Waals surface area contributed by atoms with Crippen LogP contribution in [0.1, 0.15) is 45.4 Å². The zero-order chi connectivity index (χ0) is 12.8. The van der Waals surface area contributed by atoms with E-state index in [9.17, 15) is 0 Å². The normalized spacial score (nSPS) is 32.3. The third kappa shape index (κ3) is 4.22. The van der Waals surface area contributed by atoms with Gasteiger partial charge in [0.1, 0.15) is 0 Å². The van der Waals surface area contributed by atoms with Crippen molar-refractivity contribution in [1.82, 2.24) is 10.2 Å². The van der Waals surface area contributed by atoms with Crippen molar-refractivity contribution in [3.63, 3.8) is 0 Å². The van der Waals surface area contributed by atoms with E-state index in [1.54, 1.807) is 0 Å². The number of rotatable bonds is 5. The Morgan fingerprint density at radius 2 is 2.17 bits per heavy atom. The molecule has 2 heterocycles. The van der Waals surface area contributed by atoms with Crippen molar-refractivity contribution in [3.05, 3.63) is 0 Å². The SMILES string of the molecule is C[C@H](NCC[C@H]1CCCCN1C)[C@H]1CCCOC1. The average Bonchev–Trinajstić information content (AvgIpc) is 2.42. The summed E-state index contributed by atoms with van der Waals surface area (Å²) >= 11 is 0. The molecule has 18 heavy (non-hydrogen) atoms. The Bertz CT molecular complexity index is 229. The fourth-order valence-corrected chi connectivity index (χ4v) is 3.31. The van der Waals surface area contributed by atoms with Crippen LogP contribution in [0.2, 0.25) is 0 Å². The standard InChI is InChI=1S/C15H30N2O/c1-13(14-6-5-11-18-12-14)16-9-8-15-7-3-4-10-17(15)2/h13-16H,3-12H2,1-2H3/t13-,14-,15+/m0/s1. The quantitative estimate of drug-likeness (QED) is 0.814. The summed E-state index contributed by atoms with van der Waals surface area (Å²) in [6.45, 7) is 6.70. The van der Waals surface area contributed by atoms with Crippen molar-refractivity contribution < 1.29 is 4.74 Å². The fraction of sp³-hybridized carbons (Fsp3) is 1.00. The Morgan fingerprint density at radius 1 is 1.28 bits per heavy atom. The van der Waals surface area contributed by atoms with E-state index < -0.39 is 0 Å². The number of nitrogens with zero attached hydrogens (tertiary/aromatic N) is 1. The van der Waals surface area contributed by atoms with Crippen molar-refractivity contribution in [2.24, 2.45) is 5.92 Å². The van der Waals surface area contributed by atoms with Gasteiger partial charge in [0.25, 0.3) is 0 Å². The first-order chi connectivity index (χ1) is 8.77. The molecular formula is C15H30N2O. The molecule has 0 radical (unpaired) electrons. The van der Waals surface area contributed by atoms with E-state index in [0.717, 1.165) is 31.7 Å². The maximum absolute atomic E-state index is 5.57. The molecule has 0 aromatic heterocycles. The highest BCUT2D eigenvalue weighted by Crippen LogP contribution is 2.19. The predicted molar refractivity (Wildman–Crippen MR) is 75.9 cm³/mol. The molecule has 0 spiro atoms. The van der Waals surface area contributed by atoms with Crippen LogP contribution in [0.3, 0.4) is 0 Å². The summed E-state index contributed by atoms with van der Waals surface area (Å²) in [7, 11) is 2.28. The molecular weight excluding hydrogens is 224 g/mol. The molecule has 0 saturated carbocycles. The van der Waals surface area contributed by atoms with E-state index in [-0.39, 0.29) is 0 Å². The van der Waals surface area contributed by atoms with Crippen LogP contribution in [-0.4, -0.2) is 50.3 Å². The van der Waals surface area contributed by atoms with E-state index in [0.29, 0.717) is 6.04 Å². The number of nitrogens with one attached hydrogen (secondary N) is 1. The van der Waals surface area contributed by atoms with Crippen LogP contribution in [-0.2, 0) is 4.74 Å². The lowest BCUT2D eigenvalue weighted by atomic mass is 9.94. The van der Waals surface area contributed by atoms with Crippen LogP contribution in [0.15, 0.2) is 0 Å². The Hall–Kier alpha value is -0.120. The van der Waals surface area contributed by atoms with E-state index in [2.05, 4.69) is 24.2 Å². The van der Waals surface area contributed by atoms with E-state index in [1.807, 2.05) is 0 Å². The number of hydrogen-bond donors (Lipinski definition) is 1. The molecule has 0 unspecified atom stereocenters. The summed E-state index contributed by atoms with van der Waals surface area (Å²) in [6.07, 6.45) is 8.06. The minimum absolute atomic E-state index is 0.610. The molecule has 3 atom stereocenters. The van der Waals surface area contributed by atoms with E-state index in [4.69, 9.17) is 4.74 Å². The second kappa shape index (κ2) is 7.46. The predicted octanol–water partition coefficient (Wildman–Crippen LogP) is 2.27. The van der Waals surface area contributed by atoms with Crippen molar-refractivity contribution in [3.8, 4) is 0 Å². The lowest BCUT2D eigenvalue weighted by Crippen LogP contribution is -2.42. The molecule has 2 saturated heterocycles. The van der Waals surface area contributed by atoms with Gasteiger partial charge in [-0.3, -0.25) is 0 Å². The zero-order valence-electron chi connectivity index (χ0n) is 12.2. The molecule has 0 aliphatic carbocycles. The van der Waals surface area contributed by atoms with Crippen molar-refractivity contribution in [2.75, 3.05) is 33.4 Å². The fourth-order valence-electron chi connectivity index (χ4n) is 3.31. The second-order valence-electron chi connectivity index (χ2n) is 6.14. The summed E-state index contributed by atoms with van der Waals surface area (Å²) < 4.78 is 5.57. The third-order valence-corrected chi connectivity index (χ3v) is 4.77. The molecule has 106 valence electrons. The summed E-state index contributed by atoms with van der Waals surface area (Å²) in [6, 6.07) is 1.42. The summed E-state index contributed by atoms with van der Waals surface area (Å²) in [5.41, 5.74) is 0. The Labute approximate surface area is 112 Å². The van der Waals surface area contributed by atoms with Crippen LogP contribution in [0.5, 0.6) is 0 Å². The molecule has 0 amide bonds. The van der Waals surface area contributed by atoms with Gasteiger partial charge in [-0.05, 0) is 65.1 Å². The van der Waals surface area contributed by atoms with Gasteiger partial charge in [-0.15, -0.1) is 0 Å². The highest BCUT2D eigenvalue weighted by atomic mass is 16.5. The van der Waals surface area contributed by atoms with Gasteiger partial charge >= 0.3 is 0 Å². The Morgan fingerprint density at radius 3 is 2.89 bits per heavy atom. The van der Waals surface area contributed by atoms with Gasteiger partial charge in [0.2, 0.25) is 0 Å². The number of ether oxygens (including phenoxy) is 1. The maximum atomic E-state index is 5.57. The highest BCUT2D eigenvalue weighted by Gasteiger charge is 2.22. The van der Waals surface area contributed by atoms with Crippen LogP contribution >= 0.6 is 0 Å². The van der Waals surface area contributed by atoms with Gasteiger partial charge in [-0.2, -0.15) is 0 Å². The largest absolute Gasteiger partial charge is 0.381 e. The Kier molecular flexibility index (Phi) is 5.93. The lowest BCUT2D eigenvalue weighted by molar-refractivity contribution is 0.0415. The van der Waals surface area contributed by atoms with Gasteiger partial charge in [-0.1, -0.05) is 6.42 Å². The molecule has 0 bridgehead atoms. The number of hydrogen-bond acceptors (Lipinski definition) is 3. The minimum Gasteiger partial charge on any atom is -0.381 e. The summed E-state index contributed by atoms with van der Waals surface area (Å²) in [5, 5.41) is 3.71. The van der Waals surface area contributed by atoms with Crippen molar-refractivity contribution in [1.29, 1.82) is 0 Å². The minimum atomic E-state index is 0.610. The first-order valence-corrected chi connectivity index (χ1v) is 7.78. The topological polar surface area (TPSA) is 24.5 Å². The first-order valence-electron chi connectivity index (χ1n) is 7.78. The van der Waals surface area contributed by atoms with Crippen LogP contribution in [0.4, 0.5) is 0 Å². The van der Waals surface area contributed by atoms with Crippen LogP contribution in [0, 0.1) is 5.92 Å². The monoisotopic (exact) mass is 254 g/mol. The molecule has 2 fully saturated rings. The Balaban J connectivity index is 1.61.